The van der Waals surface area contributed by atoms with Crippen LogP contribution in [0.1, 0.15) is 12.5 Å². The van der Waals surface area contributed by atoms with Crippen LogP contribution in [-0.4, -0.2) is 28.9 Å². The van der Waals surface area contributed by atoms with Gasteiger partial charge in [-0.25, -0.2) is 0 Å². The van der Waals surface area contributed by atoms with Crippen LogP contribution in [-0.2, 0) is 6.42 Å². The van der Waals surface area contributed by atoms with Crippen molar-refractivity contribution in [1.29, 1.82) is 0 Å². The molecule has 0 aromatic carbocycles. The molecule has 0 atom stereocenters. The van der Waals surface area contributed by atoms with Gasteiger partial charge in [0.05, 0.1) is 0 Å². The van der Waals surface area contributed by atoms with Crippen molar-refractivity contribution < 1.29 is 0 Å². The van der Waals surface area contributed by atoms with Crippen LogP contribution in [0.4, 0.5) is 0 Å². The second-order valence-corrected chi connectivity index (χ2v) is 3.23. The van der Waals surface area contributed by atoms with E-state index in [-0.39, 0.29) is 0 Å². The minimum atomic E-state index is 0.830. The Morgan fingerprint density at radius 1 is 1.43 bits per heavy atom. The van der Waals surface area contributed by atoms with E-state index < -0.39 is 0 Å². The highest BCUT2D eigenvalue weighted by Crippen LogP contribution is 2.05. The molecule has 0 saturated heterocycles. The van der Waals surface area contributed by atoms with E-state index in [2.05, 4.69) is 27.3 Å². The van der Waals surface area contributed by atoms with E-state index in [4.69, 9.17) is 0 Å². The van der Waals surface area contributed by atoms with Gasteiger partial charge >= 0.3 is 0 Å². The molecule has 1 N–H and O–H groups in total. The summed E-state index contributed by atoms with van der Waals surface area (Å²) >= 11 is 0. The Hall–Kier alpha value is -1.58. The van der Waals surface area contributed by atoms with E-state index in [1.54, 1.807) is 0 Å². The third kappa shape index (κ3) is 1.84. The molecule has 2 rings (SSSR count). The molecule has 74 valence electrons. The van der Waals surface area contributed by atoms with Crippen molar-refractivity contribution in [3.63, 3.8) is 0 Å². The van der Waals surface area contributed by atoms with Crippen molar-refractivity contribution in [2.24, 2.45) is 5.10 Å². The van der Waals surface area contributed by atoms with E-state index in [0.29, 0.717) is 0 Å². The molecule has 0 fully saturated rings. The van der Waals surface area contributed by atoms with Crippen molar-refractivity contribution in [2.45, 2.75) is 13.3 Å². The van der Waals surface area contributed by atoms with Gasteiger partial charge in [0.15, 0.2) is 0 Å². The number of pyridine rings is 1. The Balaban J connectivity index is 2.04. The van der Waals surface area contributed by atoms with Crippen LogP contribution in [0.5, 0.6) is 0 Å². The van der Waals surface area contributed by atoms with Crippen LogP contribution >= 0.6 is 0 Å². The molecule has 0 aliphatic carbocycles. The number of nitrogens with zero attached hydrogens (tertiary/aromatic N) is 3. The van der Waals surface area contributed by atoms with Crippen molar-refractivity contribution in [3.8, 4) is 0 Å². The van der Waals surface area contributed by atoms with Gasteiger partial charge in [0, 0.05) is 25.4 Å². The number of hydrogen-bond acceptors (Lipinski definition) is 4. The number of amidine groups is 1. The molecular formula is C10H14N4. The van der Waals surface area contributed by atoms with Gasteiger partial charge in [-0.1, -0.05) is 0 Å². The Bertz CT molecular complexity index is 320. The van der Waals surface area contributed by atoms with Gasteiger partial charge in [0.25, 0.3) is 0 Å². The van der Waals surface area contributed by atoms with Crippen molar-refractivity contribution in [3.05, 3.63) is 30.1 Å². The van der Waals surface area contributed by atoms with Crippen molar-refractivity contribution in [1.82, 2.24) is 15.3 Å². The summed E-state index contributed by atoms with van der Waals surface area (Å²) in [6.07, 6.45) is 4.51. The maximum atomic E-state index is 4.26. The molecule has 1 aliphatic heterocycles. The molecule has 1 aliphatic rings. The maximum Gasteiger partial charge on any atom is 0.130 e. The predicted octanol–water partition coefficient (Wildman–Crippen LogP) is 0.820. The van der Waals surface area contributed by atoms with Crippen LogP contribution in [0.25, 0.3) is 0 Å². The van der Waals surface area contributed by atoms with Crippen LogP contribution in [0.15, 0.2) is 29.6 Å². The Morgan fingerprint density at radius 2 is 2.21 bits per heavy atom. The zero-order valence-corrected chi connectivity index (χ0v) is 8.27. The van der Waals surface area contributed by atoms with Gasteiger partial charge in [-0.05, 0) is 24.6 Å². The number of likely N-dealkylation sites (N-methyl/N-ethyl adjacent to an activating group) is 1. The first-order valence-electron chi connectivity index (χ1n) is 4.83. The van der Waals surface area contributed by atoms with Gasteiger partial charge in [-0.15, -0.1) is 0 Å². The van der Waals surface area contributed by atoms with E-state index in [1.807, 2.05) is 24.5 Å². The van der Waals surface area contributed by atoms with Gasteiger partial charge in [-0.2, -0.15) is 5.10 Å². The number of nitrogens with one attached hydrogen (secondary N) is 1. The third-order valence-electron chi connectivity index (χ3n) is 2.33. The van der Waals surface area contributed by atoms with Crippen LogP contribution in [0, 0.1) is 0 Å². The highest BCUT2D eigenvalue weighted by molar-refractivity contribution is 5.85. The van der Waals surface area contributed by atoms with Crippen molar-refractivity contribution in [2.75, 3.05) is 13.2 Å². The number of rotatable bonds is 3. The first-order chi connectivity index (χ1) is 6.90. The molecule has 4 nitrogen and oxygen atoms in total. The summed E-state index contributed by atoms with van der Waals surface area (Å²) in [7, 11) is 0. The molecule has 0 spiro atoms. The summed E-state index contributed by atoms with van der Waals surface area (Å²) in [5.74, 6) is 1.11. The molecule has 1 aromatic rings. The van der Waals surface area contributed by atoms with Gasteiger partial charge in [0.2, 0.25) is 0 Å². The van der Waals surface area contributed by atoms with E-state index >= 15 is 0 Å². The van der Waals surface area contributed by atoms with Crippen LogP contribution in [0.3, 0.4) is 0 Å². The second-order valence-electron chi connectivity index (χ2n) is 3.23. The highest BCUT2D eigenvalue weighted by atomic mass is 15.5. The number of hydrogen-bond donors (Lipinski definition) is 1. The SMILES string of the molecule is CCN1CNN=C1Cc1ccncc1. The fourth-order valence-electron chi connectivity index (χ4n) is 1.50. The summed E-state index contributed by atoms with van der Waals surface area (Å²) < 4.78 is 0. The first kappa shape index (κ1) is 8.99. The van der Waals surface area contributed by atoms with Crippen LogP contribution < -0.4 is 5.43 Å². The summed E-state index contributed by atoms with van der Waals surface area (Å²) in [5.41, 5.74) is 4.24. The lowest BCUT2D eigenvalue weighted by Crippen LogP contribution is -2.30. The zero-order valence-electron chi connectivity index (χ0n) is 8.27. The smallest absolute Gasteiger partial charge is 0.130 e. The second kappa shape index (κ2) is 4.09. The third-order valence-corrected chi connectivity index (χ3v) is 2.33. The largest absolute Gasteiger partial charge is 0.340 e. The van der Waals surface area contributed by atoms with Gasteiger partial charge in [0.1, 0.15) is 12.5 Å². The molecule has 0 amide bonds. The first-order valence-corrected chi connectivity index (χ1v) is 4.83. The van der Waals surface area contributed by atoms with Gasteiger partial charge in [-0.3, -0.25) is 10.4 Å². The standard InChI is InChI=1S/C10H14N4/c1-2-14-8-12-13-10(14)7-9-3-5-11-6-4-9/h3-6,12H,2,7-8H2,1H3. The Labute approximate surface area is 83.6 Å². The average Bonchev–Trinajstić information content (AvgIpc) is 2.67. The summed E-state index contributed by atoms with van der Waals surface area (Å²) in [6, 6.07) is 4.04. The minimum Gasteiger partial charge on any atom is -0.340 e. The molecule has 0 saturated carbocycles. The summed E-state index contributed by atoms with van der Waals surface area (Å²) in [5, 5.41) is 4.26. The lowest BCUT2D eigenvalue weighted by molar-refractivity contribution is 0.442. The molecule has 2 heterocycles. The molecule has 4 heteroatoms. The topological polar surface area (TPSA) is 40.5 Å². The number of hydrazone groups is 1. The average molecular weight is 190 g/mol. The molecule has 0 radical (unpaired) electrons. The lowest BCUT2D eigenvalue weighted by atomic mass is 10.2. The van der Waals surface area contributed by atoms with E-state index in [9.17, 15) is 0 Å². The molecule has 1 aromatic heterocycles. The monoisotopic (exact) mass is 190 g/mol. The lowest BCUT2D eigenvalue weighted by Gasteiger charge is -2.16. The Morgan fingerprint density at radius 3 is 2.93 bits per heavy atom. The molecule has 0 bridgehead atoms. The normalized spacial score (nSPS) is 15.2. The number of aromatic nitrogens is 1. The molecule has 0 unspecified atom stereocenters. The quantitative estimate of drug-likeness (QED) is 0.767. The Kier molecular flexibility index (Phi) is 2.62. The predicted molar refractivity (Wildman–Crippen MR) is 55.8 cm³/mol. The molecular weight excluding hydrogens is 176 g/mol. The summed E-state index contributed by atoms with van der Waals surface area (Å²) in [4.78, 5) is 6.21. The fourth-order valence-corrected chi connectivity index (χ4v) is 1.50. The minimum absolute atomic E-state index is 0.830. The van der Waals surface area contributed by atoms with Crippen LogP contribution in [0.2, 0.25) is 0 Å². The molecule has 14 heavy (non-hydrogen) atoms. The zero-order chi connectivity index (χ0) is 9.80. The fraction of sp³-hybridized carbons (Fsp3) is 0.400. The van der Waals surface area contributed by atoms with E-state index in [0.717, 1.165) is 25.5 Å². The summed E-state index contributed by atoms with van der Waals surface area (Å²) in [6.45, 7) is 3.96. The van der Waals surface area contributed by atoms with Crippen molar-refractivity contribution >= 4 is 5.84 Å². The van der Waals surface area contributed by atoms with Gasteiger partial charge < -0.3 is 4.90 Å². The highest BCUT2D eigenvalue weighted by Gasteiger charge is 2.14. The maximum absolute atomic E-state index is 4.26. The van der Waals surface area contributed by atoms with E-state index in [1.165, 1.54) is 5.56 Å².